The maximum atomic E-state index is 15.5. The molecule has 0 atom stereocenters. The Labute approximate surface area is 188 Å². The van der Waals surface area contributed by atoms with Crippen molar-refractivity contribution >= 4 is 68.5 Å². The SMILES string of the molecule is O=C(NO)c1cc([N+](=O)[O-])c(Nc2ccccc2)c(F)c1Nc1ccc(I)cc1Cl. The average Bonchev–Trinajstić information content (AvgIpc) is 2.72. The molecule has 0 aromatic heterocycles. The molecule has 154 valence electrons. The molecule has 0 fully saturated rings. The van der Waals surface area contributed by atoms with Crippen LogP contribution in [-0.2, 0) is 0 Å². The summed E-state index contributed by atoms with van der Waals surface area (Å²) >= 11 is 8.23. The molecular weight excluding hydrogens is 530 g/mol. The highest BCUT2D eigenvalue weighted by Gasteiger charge is 2.28. The molecule has 0 unspecified atom stereocenters. The first-order valence-corrected chi connectivity index (χ1v) is 9.77. The first kappa shape index (κ1) is 21.7. The second kappa shape index (κ2) is 9.24. The van der Waals surface area contributed by atoms with Crippen molar-refractivity contribution in [1.82, 2.24) is 5.48 Å². The average molecular weight is 543 g/mol. The van der Waals surface area contributed by atoms with Crippen LogP contribution in [-0.4, -0.2) is 16.0 Å². The van der Waals surface area contributed by atoms with Crippen molar-refractivity contribution in [2.75, 3.05) is 10.6 Å². The van der Waals surface area contributed by atoms with E-state index in [9.17, 15) is 14.9 Å². The molecule has 0 bridgehead atoms. The molecule has 0 spiro atoms. The lowest BCUT2D eigenvalue weighted by atomic mass is 10.1. The minimum Gasteiger partial charge on any atom is -0.351 e. The number of benzene rings is 3. The van der Waals surface area contributed by atoms with Gasteiger partial charge in [0.25, 0.3) is 11.6 Å². The van der Waals surface area contributed by atoms with Gasteiger partial charge in [0, 0.05) is 15.3 Å². The number of nitrogens with zero attached hydrogens (tertiary/aromatic N) is 1. The Balaban J connectivity index is 2.20. The Kier molecular flexibility index (Phi) is 6.70. The molecule has 0 radical (unpaired) electrons. The number of hydrogen-bond acceptors (Lipinski definition) is 6. The molecule has 3 aromatic rings. The third-order valence-corrected chi connectivity index (χ3v) is 5.01. The Morgan fingerprint density at radius 1 is 1.10 bits per heavy atom. The van der Waals surface area contributed by atoms with Gasteiger partial charge in [-0.15, -0.1) is 0 Å². The zero-order chi connectivity index (χ0) is 21.8. The number of amides is 1. The number of carbonyl (C=O) groups is 1. The van der Waals surface area contributed by atoms with Gasteiger partial charge in [0.05, 0.1) is 26.9 Å². The zero-order valence-corrected chi connectivity index (χ0v) is 17.9. The van der Waals surface area contributed by atoms with E-state index in [0.29, 0.717) is 5.69 Å². The summed E-state index contributed by atoms with van der Waals surface area (Å²) in [7, 11) is 0. The molecule has 3 rings (SSSR count). The number of halogens is 3. The number of nitro groups is 1. The molecule has 8 nitrogen and oxygen atoms in total. The fourth-order valence-corrected chi connectivity index (χ4v) is 3.56. The predicted molar refractivity (Wildman–Crippen MR) is 119 cm³/mol. The highest BCUT2D eigenvalue weighted by molar-refractivity contribution is 14.1. The number of para-hydroxylation sites is 1. The van der Waals surface area contributed by atoms with Crippen molar-refractivity contribution < 1.29 is 19.3 Å². The summed E-state index contributed by atoms with van der Waals surface area (Å²) in [4.78, 5) is 22.8. The number of nitro benzene ring substituents is 1. The van der Waals surface area contributed by atoms with Crippen LogP contribution in [0.15, 0.2) is 54.6 Å². The molecule has 30 heavy (non-hydrogen) atoms. The number of anilines is 4. The number of carbonyl (C=O) groups excluding carboxylic acids is 1. The van der Waals surface area contributed by atoms with Gasteiger partial charge >= 0.3 is 0 Å². The third kappa shape index (κ3) is 4.61. The van der Waals surface area contributed by atoms with E-state index in [0.717, 1.165) is 9.64 Å². The lowest BCUT2D eigenvalue weighted by Gasteiger charge is -2.17. The maximum Gasteiger partial charge on any atom is 0.296 e. The Morgan fingerprint density at radius 2 is 1.80 bits per heavy atom. The van der Waals surface area contributed by atoms with Crippen LogP contribution < -0.4 is 16.1 Å². The van der Waals surface area contributed by atoms with Gasteiger partial charge in [-0.05, 0) is 52.9 Å². The van der Waals surface area contributed by atoms with Gasteiger partial charge in [-0.2, -0.15) is 0 Å². The predicted octanol–water partition coefficient (Wildman–Crippen LogP) is 5.60. The second-order valence-electron chi connectivity index (χ2n) is 5.95. The van der Waals surface area contributed by atoms with Crippen LogP contribution in [0.5, 0.6) is 0 Å². The quantitative estimate of drug-likeness (QED) is 0.139. The van der Waals surface area contributed by atoms with Gasteiger partial charge in [-0.1, -0.05) is 29.8 Å². The molecular formula is C19H13ClFIN4O4. The van der Waals surface area contributed by atoms with E-state index in [1.807, 2.05) is 22.6 Å². The standard InChI is InChI=1S/C19H13ClFIN4O4/c20-13-8-10(22)6-7-14(13)24-17-12(19(27)25-28)9-15(26(29)30)18(16(17)21)23-11-4-2-1-3-5-11/h1-9,23-24,28H,(H,25,27). The van der Waals surface area contributed by atoms with E-state index in [1.165, 1.54) is 5.48 Å². The monoisotopic (exact) mass is 542 g/mol. The molecule has 0 aliphatic heterocycles. The van der Waals surface area contributed by atoms with E-state index >= 15 is 4.39 Å². The molecule has 0 saturated carbocycles. The lowest BCUT2D eigenvalue weighted by Crippen LogP contribution is -2.21. The first-order chi connectivity index (χ1) is 14.3. The zero-order valence-electron chi connectivity index (χ0n) is 14.9. The minimum absolute atomic E-state index is 0.243. The molecule has 3 aromatic carbocycles. The molecule has 0 aliphatic carbocycles. The van der Waals surface area contributed by atoms with Crippen LogP contribution in [0, 0.1) is 19.5 Å². The van der Waals surface area contributed by atoms with Gasteiger partial charge < -0.3 is 10.6 Å². The highest BCUT2D eigenvalue weighted by Crippen LogP contribution is 2.39. The van der Waals surface area contributed by atoms with Crippen LogP contribution >= 0.6 is 34.2 Å². The molecule has 1 amide bonds. The van der Waals surface area contributed by atoms with Crippen LogP contribution in [0.3, 0.4) is 0 Å². The van der Waals surface area contributed by atoms with Gasteiger partial charge in [-0.25, -0.2) is 9.87 Å². The number of rotatable bonds is 6. The minimum atomic E-state index is -1.13. The van der Waals surface area contributed by atoms with Crippen molar-refractivity contribution in [1.29, 1.82) is 0 Å². The van der Waals surface area contributed by atoms with Gasteiger partial charge in [0.2, 0.25) is 0 Å². The Bertz CT molecular complexity index is 1130. The van der Waals surface area contributed by atoms with Crippen molar-refractivity contribution in [3.8, 4) is 0 Å². The Morgan fingerprint density at radius 3 is 2.40 bits per heavy atom. The van der Waals surface area contributed by atoms with Gasteiger partial charge in [0.1, 0.15) is 0 Å². The highest BCUT2D eigenvalue weighted by atomic mass is 127. The van der Waals surface area contributed by atoms with Crippen LogP contribution in [0.4, 0.5) is 32.8 Å². The van der Waals surface area contributed by atoms with E-state index in [2.05, 4.69) is 10.6 Å². The lowest BCUT2D eigenvalue weighted by molar-refractivity contribution is -0.384. The van der Waals surface area contributed by atoms with E-state index in [4.69, 9.17) is 16.8 Å². The van der Waals surface area contributed by atoms with Crippen molar-refractivity contribution in [3.63, 3.8) is 0 Å². The number of nitrogens with one attached hydrogen (secondary N) is 3. The van der Waals surface area contributed by atoms with Crippen molar-refractivity contribution in [2.45, 2.75) is 0 Å². The molecule has 11 heteroatoms. The molecule has 0 aliphatic rings. The summed E-state index contributed by atoms with van der Waals surface area (Å²) in [6, 6.07) is 14.0. The van der Waals surface area contributed by atoms with E-state index in [1.54, 1.807) is 48.5 Å². The summed E-state index contributed by atoms with van der Waals surface area (Å²) in [5.74, 6) is -2.23. The second-order valence-corrected chi connectivity index (χ2v) is 7.60. The normalized spacial score (nSPS) is 10.4. The summed E-state index contributed by atoms with van der Waals surface area (Å²) in [6.07, 6.45) is 0. The third-order valence-electron chi connectivity index (χ3n) is 4.02. The summed E-state index contributed by atoms with van der Waals surface area (Å²) < 4.78 is 16.3. The summed E-state index contributed by atoms with van der Waals surface area (Å²) in [5.41, 5.74) is 0.0258. The van der Waals surface area contributed by atoms with Crippen LogP contribution in [0.1, 0.15) is 10.4 Å². The van der Waals surface area contributed by atoms with Crippen molar-refractivity contribution in [3.05, 3.63) is 84.7 Å². The van der Waals surface area contributed by atoms with Gasteiger partial charge in [-0.3, -0.25) is 20.1 Å². The maximum absolute atomic E-state index is 15.5. The van der Waals surface area contributed by atoms with Crippen molar-refractivity contribution in [2.24, 2.45) is 0 Å². The smallest absolute Gasteiger partial charge is 0.296 e. The van der Waals surface area contributed by atoms with E-state index < -0.39 is 39.3 Å². The first-order valence-electron chi connectivity index (χ1n) is 8.31. The molecule has 4 N–H and O–H groups in total. The Hall–Kier alpha value is -2.96. The molecule has 0 saturated heterocycles. The number of hydrogen-bond donors (Lipinski definition) is 4. The number of hydroxylamine groups is 1. The topological polar surface area (TPSA) is 117 Å². The van der Waals surface area contributed by atoms with Gasteiger partial charge in [0.15, 0.2) is 11.5 Å². The summed E-state index contributed by atoms with van der Waals surface area (Å²) in [6.45, 7) is 0. The fourth-order valence-electron chi connectivity index (χ4n) is 2.65. The van der Waals surface area contributed by atoms with E-state index in [-0.39, 0.29) is 10.7 Å². The summed E-state index contributed by atoms with van der Waals surface area (Å²) in [5, 5.41) is 26.2. The van der Waals surface area contributed by atoms with Crippen LogP contribution in [0.2, 0.25) is 5.02 Å². The fraction of sp³-hybridized carbons (Fsp3) is 0. The largest absolute Gasteiger partial charge is 0.351 e. The van der Waals surface area contributed by atoms with Crippen LogP contribution in [0.25, 0.3) is 0 Å². The molecule has 0 heterocycles.